The lowest BCUT2D eigenvalue weighted by atomic mass is 10.0. The van der Waals surface area contributed by atoms with Gasteiger partial charge in [0, 0.05) is 29.1 Å². The monoisotopic (exact) mass is 278 g/mol. The first-order chi connectivity index (χ1) is 9.42. The summed E-state index contributed by atoms with van der Waals surface area (Å²) in [5.41, 5.74) is 10.9. The number of methoxy groups -OCH3 is 1. The summed E-state index contributed by atoms with van der Waals surface area (Å²) in [7, 11) is 1.27. The molecule has 2 aromatic rings. The topological polar surface area (TPSA) is 78.3 Å². The van der Waals surface area contributed by atoms with E-state index in [0.29, 0.717) is 0 Å². The summed E-state index contributed by atoms with van der Waals surface area (Å²) in [6.07, 6.45) is 0. The van der Waals surface area contributed by atoms with Crippen molar-refractivity contribution >= 4 is 17.2 Å². The third-order valence-corrected chi connectivity index (χ3v) is 2.72. The minimum atomic E-state index is -1.01. The van der Waals surface area contributed by atoms with Gasteiger partial charge in [-0.2, -0.15) is 0 Å². The molecule has 0 spiro atoms. The van der Waals surface area contributed by atoms with Crippen molar-refractivity contribution in [1.29, 1.82) is 0 Å². The molecule has 2 rings (SSSR count). The number of ketones is 1. The Balaban J connectivity index is 2.53. The van der Waals surface area contributed by atoms with Crippen LogP contribution < -0.4 is 16.2 Å². The number of ether oxygens (including phenoxy) is 1. The fourth-order valence-electron chi connectivity index (χ4n) is 1.84. The van der Waals surface area contributed by atoms with Crippen LogP contribution in [0, 0.1) is 11.6 Å². The van der Waals surface area contributed by atoms with Crippen molar-refractivity contribution in [2.24, 2.45) is 0 Å². The van der Waals surface area contributed by atoms with Crippen LogP contribution in [0.15, 0.2) is 30.3 Å². The van der Waals surface area contributed by atoms with Crippen molar-refractivity contribution in [3.63, 3.8) is 0 Å². The highest BCUT2D eigenvalue weighted by Crippen LogP contribution is 2.24. The molecule has 0 bridgehead atoms. The van der Waals surface area contributed by atoms with Gasteiger partial charge in [0.1, 0.15) is 17.4 Å². The van der Waals surface area contributed by atoms with Crippen LogP contribution in [-0.2, 0) is 0 Å². The molecule has 0 radical (unpaired) electrons. The van der Waals surface area contributed by atoms with Gasteiger partial charge in [-0.1, -0.05) is 0 Å². The predicted molar refractivity (Wildman–Crippen MR) is 71.6 cm³/mol. The van der Waals surface area contributed by atoms with Crippen LogP contribution in [-0.4, -0.2) is 12.9 Å². The van der Waals surface area contributed by atoms with E-state index in [2.05, 4.69) is 0 Å². The maximum atomic E-state index is 13.8. The van der Waals surface area contributed by atoms with Gasteiger partial charge in [0.05, 0.1) is 12.7 Å². The van der Waals surface area contributed by atoms with Crippen LogP contribution in [0.4, 0.5) is 20.2 Å². The summed E-state index contributed by atoms with van der Waals surface area (Å²) in [5, 5.41) is 0. The van der Waals surface area contributed by atoms with Crippen LogP contribution in [0.1, 0.15) is 15.9 Å². The highest BCUT2D eigenvalue weighted by Gasteiger charge is 2.21. The van der Waals surface area contributed by atoms with Gasteiger partial charge in [-0.3, -0.25) is 4.79 Å². The number of benzene rings is 2. The summed E-state index contributed by atoms with van der Waals surface area (Å²) in [4.78, 5) is 12.2. The number of hydrogen-bond donors (Lipinski definition) is 2. The standard InChI is InChI=1S/C14H12F2N2O2/c1-20-10-5-11(15)13(12(16)6-10)14(19)7-2-8(17)4-9(18)3-7/h2-6H,17-18H2,1H3. The molecule has 0 atom stereocenters. The molecule has 0 saturated heterocycles. The molecule has 0 aliphatic heterocycles. The maximum Gasteiger partial charge on any atom is 0.199 e. The van der Waals surface area contributed by atoms with Gasteiger partial charge < -0.3 is 16.2 Å². The highest BCUT2D eigenvalue weighted by molar-refractivity contribution is 6.10. The smallest absolute Gasteiger partial charge is 0.199 e. The largest absolute Gasteiger partial charge is 0.497 e. The molecule has 0 aliphatic rings. The Hall–Kier alpha value is -2.63. The summed E-state index contributed by atoms with van der Waals surface area (Å²) >= 11 is 0. The number of carbonyl (C=O) groups excluding carboxylic acids is 1. The predicted octanol–water partition coefficient (Wildman–Crippen LogP) is 2.37. The first-order valence-electron chi connectivity index (χ1n) is 5.66. The first kappa shape index (κ1) is 13.8. The summed E-state index contributed by atoms with van der Waals surface area (Å²) in [5.74, 6) is -2.86. The van der Waals surface area contributed by atoms with Crippen molar-refractivity contribution < 1.29 is 18.3 Å². The zero-order valence-corrected chi connectivity index (χ0v) is 10.6. The molecular formula is C14H12F2N2O2. The van der Waals surface area contributed by atoms with Crippen LogP contribution in [0.2, 0.25) is 0 Å². The van der Waals surface area contributed by atoms with Gasteiger partial charge in [0.25, 0.3) is 0 Å². The average Bonchev–Trinajstić information content (AvgIpc) is 2.36. The minimum Gasteiger partial charge on any atom is -0.497 e. The quantitative estimate of drug-likeness (QED) is 0.667. The lowest BCUT2D eigenvalue weighted by molar-refractivity contribution is 0.103. The van der Waals surface area contributed by atoms with E-state index in [1.807, 2.05) is 0 Å². The molecule has 0 aromatic heterocycles. The Morgan fingerprint density at radius 1 is 1.00 bits per heavy atom. The maximum absolute atomic E-state index is 13.8. The third kappa shape index (κ3) is 2.54. The number of halogens is 2. The molecule has 4 N–H and O–H groups in total. The number of rotatable bonds is 3. The van der Waals surface area contributed by atoms with Crippen molar-refractivity contribution in [2.45, 2.75) is 0 Å². The second-order valence-corrected chi connectivity index (χ2v) is 4.18. The van der Waals surface area contributed by atoms with E-state index in [1.165, 1.54) is 25.3 Å². The molecule has 0 fully saturated rings. The van der Waals surface area contributed by atoms with Gasteiger partial charge in [-0.25, -0.2) is 8.78 Å². The number of hydrogen-bond acceptors (Lipinski definition) is 4. The number of nitrogens with two attached hydrogens (primary N) is 2. The molecule has 2 aromatic carbocycles. The second kappa shape index (κ2) is 5.16. The van der Waals surface area contributed by atoms with Crippen molar-refractivity contribution in [1.82, 2.24) is 0 Å². The van der Waals surface area contributed by atoms with Crippen LogP contribution in [0.5, 0.6) is 5.75 Å². The minimum absolute atomic E-state index is 0.0105. The lowest BCUT2D eigenvalue weighted by Crippen LogP contribution is -2.09. The van der Waals surface area contributed by atoms with E-state index < -0.39 is 23.0 Å². The first-order valence-corrected chi connectivity index (χ1v) is 5.66. The number of carbonyl (C=O) groups is 1. The highest BCUT2D eigenvalue weighted by atomic mass is 19.1. The van der Waals surface area contributed by atoms with Crippen LogP contribution in [0.3, 0.4) is 0 Å². The van der Waals surface area contributed by atoms with Crippen molar-refractivity contribution in [2.75, 3.05) is 18.6 Å². The van der Waals surface area contributed by atoms with Gasteiger partial charge in [0.15, 0.2) is 5.78 Å². The Labute approximate surface area is 114 Å². The molecule has 4 nitrogen and oxygen atoms in total. The lowest BCUT2D eigenvalue weighted by Gasteiger charge is -2.08. The van der Waals surface area contributed by atoms with E-state index in [9.17, 15) is 13.6 Å². The molecule has 6 heteroatoms. The van der Waals surface area contributed by atoms with Crippen molar-refractivity contribution in [3.05, 3.63) is 53.1 Å². The summed E-state index contributed by atoms with van der Waals surface area (Å²) in [6, 6.07) is 5.93. The van der Waals surface area contributed by atoms with E-state index in [0.717, 1.165) is 12.1 Å². The zero-order chi connectivity index (χ0) is 14.9. The zero-order valence-electron chi connectivity index (χ0n) is 10.6. The van der Waals surface area contributed by atoms with Gasteiger partial charge in [0.2, 0.25) is 0 Å². The Bertz CT molecular complexity index is 644. The number of nitrogen functional groups attached to an aromatic ring is 2. The van der Waals surface area contributed by atoms with Crippen LogP contribution >= 0.6 is 0 Å². The van der Waals surface area contributed by atoms with Gasteiger partial charge in [-0.05, 0) is 18.2 Å². The molecule has 0 saturated carbocycles. The second-order valence-electron chi connectivity index (χ2n) is 4.18. The number of anilines is 2. The van der Waals surface area contributed by atoms with Crippen molar-refractivity contribution in [3.8, 4) is 5.75 Å². The molecule has 0 heterocycles. The van der Waals surface area contributed by atoms with E-state index in [-0.39, 0.29) is 22.7 Å². The Kier molecular flexibility index (Phi) is 3.56. The molecule has 20 heavy (non-hydrogen) atoms. The normalized spacial score (nSPS) is 10.3. The van der Waals surface area contributed by atoms with E-state index in [1.54, 1.807) is 0 Å². The van der Waals surface area contributed by atoms with Crippen LogP contribution in [0.25, 0.3) is 0 Å². The van der Waals surface area contributed by atoms with E-state index in [4.69, 9.17) is 16.2 Å². The fourth-order valence-corrected chi connectivity index (χ4v) is 1.84. The molecule has 104 valence electrons. The SMILES string of the molecule is COc1cc(F)c(C(=O)c2cc(N)cc(N)c2)c(F)c1. The van der Waals surface area contributed by atoms with Gasteiger partial charge in [-0.15, -0.1) is 0 Å². The van der Waals surface area contributed by atoms with E-state index >= 15 is 0 Å². The van der Waals surface area contributed by atoms with Gasteiger partial charge >= 0.3 is 0 Å². The Morgan fingerprint density at radius 2 is 1.50 bits per heavy atom. The molecule has 0 amide bonds. The summed E-state index contributed by atoms with van der Waals surface area (Å²) in [6.45, 7) is 0. The molecular weight excluding hydrogens is 266 g/mol. The third-order valence-electron chi connectivity index (χ3n) is 2.72. The average molecular weight is 278 g/mol. The Morgan fingerprint density at radius 3 is 1.95 bits per heavy atom. The molecule has 0 unspecified atom stereocenters. The molecule has 0 aliphatic carbocycles. The summed E-state index contributed by atoms with van der Waals surface area (Å²) < 4.78 is 32.4. The fraction of sp³-hybridized carbons (Fsp3) is 0.0714.